The van der Waals surface area contributed by atoms with Gasteiger partial charge in [-0.15, -0.1) is 0 Å². The second kappa shape index (κ2) is 8.13. The molecule has 0 aliphatic carbocycles. The fourth-order valence-electron chi connectivity index (χ4n) is 2.84. The Morgan fingerprint density at radius 2 is 1.75 bits per heavy atom. The topological polar surface area (TPSA) is 79.5 Å². The summed E-state index contributed by atoms with van der Waals surface area (Å²) >= 11 is 0. The number of amides is 1. The van der Waals surface area contributed by atoms with Gasteiger partial charge in [-0.1, -0.05) is 20.8 Å². The van der Waals surface area contributed by atoms with E-state index in [0.29, 0.717) is 23.4 Å². The van der Waals surface area contributed by atoms with Crippen molar-refractivity contribution in [1.29, 1.82) is 0 Å². The average Bonchev–Trinajstić information content (AvgIpc) is 2.84. The minimum atomic E-state index is -0.585. The molecule has 0 saturated carbocycles. The van der Waals surface area contributed by atoms with Crippen LogP contribution in [0.1, 0.15) is 66.2 Å². The van der Waals surface area contributed by atoms with Crippen molar-refractivity contribution in [2.24, 2.45) is 5.92 Å². The van der Waals surface area contributed by atoms with Crippen LogP contribution in [0.4, 0.5) is 0 Å². The lowest BCUT2D eigenvalue weighted by molar-refractivity contribution is -0.135. The third-order valence-corrected chi connectivity index (χ3v) is 4.16. The molecule has 0 fully saturated rings. The predicted octanol–water partition coefficient (Wildman–Crippen LogP) is 2.88. The molecule has 1 unspecified atom stereocenters. The van der Waals surface area contributed by atoms with Gasteiger partial charge in [0, 0.05) is 23.7 Å². The molecule has 0 spiro atoms. The Hall–Kier alpha value is -2.11. The molecule has 0 saturated heterocycles. The van der Waals surface area contributed by atoms with Crippen LogP contribution in [-0.4, -0.2) is 47.2 Å². The van der Waals surface area contributed by atoms with Crippen LogP contribution < -0.4 is 0 Å². The zero-order valence-electron chi connectivity index (χ0n) is 15.6. The molecule has 6 nitrogen and oxygen atoms in total. The van der Waals surface area contributed by atoms with Crippen LogP contribution in [0.3, 0.4) is 0 Å². The molecule has 1 heterocycles. The molecule has 1 amide bonds. The molecule has 24 heavy (non-hydrogen) atoms. The van der Waals surface area contributed by atoms with Gasteiger partial charge >= 0.3 is 5.97 Å². The van der Waals surface area contributed by atoms with Gasteiger partial charge in [0.25, 0.3) is 0 Å². The van der Waals surface area contributed by atoms with E-state index in [9.17, 15) is 14.4 Å². The second-order valence-corrected chi connectivity index (χ2v) is 6.34. The minimum absolute atomic E-state index is 0.0447. The number of aromatic amines is 1. The summed E-state index contributed by atoms with van der Waals surface area (Å²) in [6.45, 7) is 11.3. The number of nitrogens with zero attached hydrogens (tertiary/aromatic N) is 1. The molecular weight excluding hydrogens is 308 g/mol. The van der Waals surface area contributed by atoms with Gasteiger partial charge in [-0.2, -0.15) is 0 Å². The standard InChI is InChI=1S/C18H28N2O4/c1-8-9-20(17(22)10(2)3)13(6)16(21)14-11(4)15(18(23)24-7)19-12(14)5/h10,13,19H,8-9H2,1-7H3. The Bertz CT molecular complexity index is 631. The third kappa shape index (κ3) is 3.86. The van der Waals surface area contributed by atoms with Gasteiger partial charge in [0.05, 0.1) is 13.2 Å². The van der Waals surface area contributed by atoms with Gasteiger partial charge in [-0.25, -0.2) is 4.79 Å². The summed E-state index contributed by atoms with van der Waals surface area (Å²) < 4.78 is 4.74. The first-order valence-electron chi connectivity index (χ1n) is 8.29. The van der Waals surface area contributed by atoms with Crippen LogP contribution in [-0.2, 0) is 9.53 Å². The lowest BCUT2D eigenvalue weighted by atomic mass is 9.99. The second-order valence-electron chi connectivity index (χ2n) is 6.34. The molecule has 1 rings (SSSR count). The quantitative estimate of drug-likeness (QED) is 0.613. The molecule has 134 valence electrons. The molecule has 1 aromatic rings. The monoisotopic (exact) mass is 336 g/mol. The minimum Gasteiger partial charge on any atom is -0.464 e. The molecular formula is C18H28N2O4. The molecule has 0 aliphatic heterocycles. The van der Waals surface area contributed by atoms with Crippen LogP contribution in [0, 0.1) is 19.8 Å². The maximum absolute atomic E-state index is 13.0. The number of ketones is 1. The molecule has 0 bridgehead atoms. The van der Waals surface area contributed by atoms with Gasteiger partial charge < -0.3 is 14.6 Å². The van der Waals surface area contributed by atoms with Gasteiger partial charge in [0.2, 0.25) is 5.91 Å². The Morgan fingerprint density at radius 3 is 2.21 bits per heavy atom. The number of H-pyrrole nitrogens is 1. The first-order chi connectivity index (χ1) is 11.2. The van der Waals surface area contributed by atoms with Gasteiger partial charge in [0.1, 0.15) is 5.69 Å². The van der Waals surface area contributed by atoms with Gasteiger partial charge in [0.15, 0.2) is 5.78 Å². The number of carbonyl (C=O) groups excluding carboxylic acids is 3. The zero-order chi connectivity index (χ0) is 18.6. The highest BCUT2D eigenvalue weighted by Crippen LogP contribution is 2.22. The molecule has 0 aliphatic rings. The fourth-order valence-corrected chi connectivity index (χ4v) is 2.84. The Morgan fingerprint density at radius 1 is 1.17 bits per heavy atom. The molecule has 0 aromatic carbocycles. The van der Waals surface area contributed by atoms with Crippen molar-refractivity contribution in [3.63, 3.8) is 0 Å². The average molecular weight is 336 g/mol. The van der Waals surface area contributed by atoms with Crippen LogP contribution in [0.15, 0.2) is 0 Å². The summed E-state index contributed by atoms with van der Waals surface area (Å²) in [5.74, 6) is -0.896. The number of hydrogen-bond donors (Lipinski definition) is 1. The number of nitrogens with one attached hydrogen (secondary N) is 1. The van der Waals surface area contributed by atoms with E-state index in [4.69, 9.17) is 4.74 Å². The number of esters is 1. The highest BCUT2D eigenvalue weighted by Gasteiger charge is 2.31. The number of Topliss-reactive ketones (excluding diaryl/α,β-unsaturated/α-hetero) is 1. The first-order valence-corrected chi connectivity index (χ1v) is 8.29. The number of aromatic nitrogens is 1. The lowest BCUT2D eigenvalue weighted by Gasteiger charge is -2.29. The summed E-state index contributed by atoms with van der Waals surface area (Å²) in [5, 5.41) is 0. The van der Waals surface area contributed by atoms with Gasteiger partial charge in [-0.05, 0) is 32.8 Å². The summed E-state index contributed by atoms with van der Waals surface area (Å²) in [6, 6.07) is -0.585. The van der Waals surface area contributed by atoms with E-state index >= 15 is 0 Å². The SMILES string of the molecule is CCCN(C(=O)C(C)C)C(C)C(=O)c1c(C)[nH]c(C(=O)OC)c1C. The summed E-state index contributed by atoms with van der Waals surface area (Å²) in [4.78, 5) is 41.8. The van der Waals surface area contributed by atoms with Crippen molar-refractivity contribution in [3.8, 4) is 0 Å². The fraction of sp³-hybridized carbons (Fsp3) is 0.611. The van der Waals surface area contributed by atoms with Crippen molar-refractivity contribution in [1.82, 2.24) is 9.88 Å². The van der Waals surface area contributed by atoms with E-state index in [-0.39, 0.29) is 23.3 Å². The number of ether oxygens (including phenoxy) is 1. The smallest absolute Gasteiger partial charge is 0.354 e. The van der Waals surface area contributed by atoms with E-state index in [0.717, 1.165) is 6.42 Å². The molecule has 1 N–H and O–H groups in total. The Labute approximate surface area is 143 Å². The van der Waals surface area contributed by atoms with Crippen molar-refractivity contribution >= 4 is 17.7 Å². The van der Waals surface area contributed by atoms with E-state index < -0.39 is 12.0 Å². The molecule has 0 radical (unpaired) electrons. The van der Waals surface area contributed by atoms with E-state index in [1.54, 1.807) is 25.7 Å². The molecule has 1 atom stereocenters. The Kier molecular flexibility index (Phi) is 6.75. The predicted molar refractivity (Wildman–Crippen MR) is 92.2 cm³/mol. The highest BCUT2D eigenvalue weighted by atomic mass is 16.5. The van der Waals surface area contributed by atoms with E-state index in [1.165, 1.54) is 7.11 Å². The number of hydrogen-bond acceptors (Lipinski definition) is 4. The molecule has 1 aromatic heterocycles. The van der Waals surface area contributed by atoms with E-state index in [2.05, 4.69) is 4.98 Å². The molecule has 6 heteroatoms. The Balaban J connectivity index is 3.22. The van der Waals surface area contributed by atoms with Crippen molar-refractivity contribution < 1.29 is 19.1 Å². The summed E-state index contributed by atoms with van der Waals surface area (Å²) in [7, 11) is 1.30. The van der Waals surface area contributed by atoms with Gasteiger partial charge in [-0.3, -0.25) is 9.59 Å². The maximum atomic E-state index is 13.0. The first kappa shape index (κ1) is 19.9. The number of carbonyl (C=O) groups is 3. The number of aryl methyl sites for hydroxylation is 1. The third-order valence-electron chi connectivity index (χ3n) is 4.16. The lowest BCUT2D eigenvalue weighted by Crippen LogP contribution is -2.45. The van der Waals surface area contributed by atoms with Crippen LogP contribution in [0.25, 0.3) is 0 Å². The normalized spacial score (nSPS) is 12.2. The van der Waals surface area contributed by atoms with Crippen molar-refractivity contribution in [2.45, 2.75) is 54.0 Å². The summed E-state index contributed by atoms with van der Waals surface area (Å²) in [6.07, 6.45) is 0.772. The van der Waals surface area contributed by atoms with Crippen molar-refractivity contribution in [2.75, 3.05) is 13.7 Å². The largest absolute Gasteiger partial charge is 0.464 e. The van der Waals surface area contributed by atoms with Crippen LogP contribution >= 0.6 is 0 Å². The summed E-state index contributed by atoms with van der Waals surface area (Å²) in [5.41, 5.74) is 1.91. The number of methoxy groups -OCH3 is 1. The zero-order valence-corrected chi connectivity index (χ0v) is 15.6. The highest BCUT2D eigenvalue weighted by molar-refractivity contribution is 6.06. The van der Waals surface area contributed by atoms with Crippen LogP contribution in [0.5, 0.6) is 0 Å². The number of rotatable bonds is 7. The van der Waals surface area contributed by atoms with E-state index in [1.807, 2.05) is 20.8 Å². The van der Waals surface area contributed by atoms with Crippen molar-refractivity contribution in [3.05, 3.63) is 22.5 Å². The maximum Gasteiger partial charge on any atom is 0.354 e. The van der Waals surface area contributed by atoms with Crippen LogP contribution in [0.2, 0.25) is 0 Å².